The number of rotatable bonds is 9. The van der Waals surface area contributed by atoms with Crippen LogP contribution < -0.4 is 10.9 Å². The third-order valence-corrected chi connectivity index (χ3v) is 7.29. The number of aromatic amines is 1. The molecular weight excluding hydrogens is 606 g/mol. The molecule has 2 aromatic carbocycles. The fraction of sp³-hybridized carbons (Fsp3) is 0.158. The predicted octanol–water partition coefficient (Wildman–Crippen LogP) is 6.07. The fourth-order valence-electron chi connectivity index (χ4n) is 2.64. The van der Waals surface area contributed by atoms with E-state index in [1.54, 1.807) is 43.3 Å². The van der Waals surface area contributed by atoms with Gasteiger partial charge in [0.25, 0.3) is 5.56 Å². The highest BCUT2D eigenvalue weighted by molar-refractivity contribution is 9.12. The number of carbonyl (C=O) groups is 1. The second-order valence-electron chi connectivity index (χ2n) is 6.43. The highest BCUT2D eigenvalue weighted by atomic mass is 79.9. The largest absolute Gasteiger partial charge is 0.325 e. The van der Waals surface area contributed by atoms with Gasteiger partial charge in [-0.1, -0.05) is 54.6 Å². The Bertz CT molecular complexity index is 1240. The van der Waals surface area contributed by atoms with Gasteiger partial charge in [-0.15, -0.1) is 9.45 Å². The Balaban J connectivity index is 1.83. The van der Waals surface area contributed by atoms with Crippen LogP contribution in [-0.2, 0) is 14.2 Å². The summed E-state index contributed by atoms with van der Waals surface area (Å²) >= 11 is 13.5. The van der Waals surface area contributed by atoms with Crippen LogP contribution in [0.15, 0.2) is 62.4 Å². The molecule has 1 unspecified atom stereocenters. The zero-order valence-corrected chi connectivity index (χ0v) is 21.5. The third-order valence-electron chi connectivity index (χ3n) is 4.16. The minimum Gasteiger partial charge on any atom is -0.325 e. The number of anilines is 1. The summed E-state index contributed by atoms with van der Waals surface area (Å²) in [5, 5.41) is 26.5. The first-order valence-electron chi connectivity index (χ1n) is 9.13. The quantitative estimate of drug-likeness (QED) is 0.0875. The highest BCUT2D eigenvalue weighted by Crippen LogP contribution is 2.28. The molecule has 1 atom stereocenters. The molecule has 0 fully saturated rings. The summed E-state index contributed by atoms with van der Waals surface area (Å²) in [5.41, 5.74) is 1.54. The summed E-state index contributed by atoms with van der Waals surface area (Å²) < 4.78 is 5.62. The van der Waals surface area contributed by atoms with Gasteiger partial charge < -0.3 is 5.32 Å². The molecular formula is C19H16Br2ClN5O5S. The van der Waals surface area contributed by atoms with Crippen molar-refractivity contribution in [3.8, 4) is 5.69 Å². The molecule has 0 aliphatic carbocycles. The SMILES string of the molecule is Cc1[nH]n(-c2ccc(SOOO)cc2Cl)c(=O)c1N=Nc1cccc(NC(=O)C(Br)CBr)c1. The van der Waals surface area contributed by atoms with Crippen molar-refractivity contribution in [2.24, 2.45) is 10.2 Å². The maximum absolute atomic E-state index is 12.9. The number of carbonyl (C=O) groups excluding carboxylic acids is 1. The Morgan fingerprint density at radius 3 is 2.82 bits per heavy atom. The summed E-state index contributed by atoms with van der Waals surface area (Å²) in [7, 11) is 0. The van der Waals surface area contributed by atoms with E-state index < -0.39 is 5.56 Å². The highest BCUT2D eigenvalue weighted by Gasteiger charge is 2.16. The average Bonchev–Trinajstić information content (AvgIpc) is 3.08. The Morgan fingerprint density at radius 1 is 1.33 bits per heavy atom. The van der Waals surface area contributed by atoms with Crippen LogP contribution in [0.4, 0.5) is 17.1 Å². The topological polar surface area (TPSA) is 130 Å². The van der Waals surface area contributed by atoms with E-state index in [9.17, 15) is 9.59 Å². The molecule has 33 heavy (non-hydrogen) atoms. The molecule has 174 valence electrons. The maximum Gasteiger partial charge on any atom is 0.299 e. The Kier molecular flexibility index (Phi) is 9.26. The average molecular weight is 622 g/mol. The van der Waals surface area contributed by atoms with Crippen molar-refractivity contribution in [3.63, 3.8) is 0 Å². The van der Waals surface area contributed by atoms with Crippen LogP contribution in [-0.4, -0.2) is 31.1 Å². The van der Waals surface area contributed by atoms with E-state index in [0.29, 0.717) is 33.0 Å². The lowest BCUT2D eigenvalue weighted by Gasteiger charge is -2.08. The van der Waals surface area contributed by atoms with E-state index in [1.807, 2.05) is 0 Å². The van der Waals surface area contributed by atoms with E-state index in [4.69, 9.17) is 16.9 Å². The first kappa shape index (κ1) is 25.6. The standard InChI is InChI=1S/C19H16Br2ClN5O5S/c1-10-17(25-24-12-4-2-3-11(7-12)23-18(28)14(21)9-20)19(29)27(26-10)16-6-5-13(8-15(16)22)33-32-31-30/h2-8,14,26,30H,9H2,1H3,(H,23,28). The molecule has 14 heteroatoms. The second kappa shape index (κ2) is 11.9. The van der Waals surface area contributed by atoms with E-state index in [2.05, 4.69) is 61.9 Å². The van der Waals surface area contributed by atoms with Crippen LogP contribution >= 0.6 is 55.5 Å². The Labute approximate surface area is 213 Å². The number of nitrogens with one attached hydrogen (secondary N) is 2. The number of azo groups is 1. The number of benzene rings is 2. The summed E-state index contributed by atoms with van der Waals surface area (Å²) in [6, 6.07) is 11.5. The van der Waals surface area contributed by atoms with Crippen molar-refractivity contribution < 1.29 is 19.4 Å². The zero-order chi connectivity index (χ0) is 24.0. The van der Waals surface area contributed by atoms with Gasteiger partial charge in [0.05, 0.1) is 34.1 Å². The van der Waals surface area contributed by atoms with Crippen molar-refractivity contribution >= 4 is 78.5 Å². The molecule has 3 aromatic rings. The van der Waals surface area contributed by atoms with Gasteiger partial charge in [0, 0.05) is 15.9 Å². The lowest BCUT2D eigenvalue weighted by molar-refractivity contribution is -0.432. The van der Waals surface area contributed by atoms with Crippen LogP contribution in [0.1, 0.15) is 5.69 Å². The number of amides is 1. The number of halogens is 3. The summed E-state index contributed by atoms with van der Waals surface area (Å²) in [6.45, 7) is 1.68. The number of alkyl halides is 2. The van der Waals surface area contributed by atoms with Gasteiger partial charge in [-0.2, -0.15) is 5.11 Å². The van der Waals surface area contributed by atoms with Crippen molar-refractivity contribution in [1.29, 1.82) is 0 Å². The van der Waals surface area contributed by atoms with Crippen molar-refractivity contribution in [3.05, 3.63) is 63.5 Å². The Morgan fingerprint density at radius 2 is 2.12 bits per heavy atom. The van der Waals surface area contributed by atoms with Gasteiger partial charge in [0.2, 0.25) is 5.91 Å². The molecule has 0 aliphatic heterocycles. The number of hydrogen-bond acceptors (Lipinski definition) is 8. The normalized spacial score (nSPS) is 12.3. The van der Waals surface area contributed by atoms with Crippen LogP contribution in [0.25, 0.3) is 5.69 Å². The lowest BCUT2D eigenvalue weighted by atomic mass is 10.3. The molecule has 3 N–H and O–H groups in total. The van der Waals surface area contributed by atoms with Gasteiger partial charge in [0.1, 0.15) is 4.83 Å². The van der Waals surface area contributed by atoms with Gasteiger partial charge in [-0.25, -0.2) is 9.94 Å². The van der Waals surface area contributed by atoms with Crippen molar-refractivity contribution in [1.82, 2.24) is 9.78 Å². The maximum atomic E-state index is 12.9. The number of H-pyrrole nitrogens is 1. The number of aromatic nitrogens is 2. The molecule has 3 rings (SSSR count). The zero-order valence-electron chi connectivity index (χ0n) is 16.8. The molecule has 0 aliphatic rings. The van der Waals surface area contributed by atoms with Crippen LogP contribution in [0.3, 0.4) is 0 Å². The molecule has 0 saturated heterocycles. The second-order valence-corrected chi connectivity index (χ2v) is 9.36. The van der Waals surface area contributed by atoms with Gasteiger partial charge >= 0.3 is 0 Å². The minimum absolute atomic E-state index is 0.107. The van der Waals surface area contributed by atoms with Crippen LogP contribution in [0.2, 0.25) is 5.02 Å². The Hall–Kier alpha value is -2.00. The summed E-state index contributed by atoms with van der Waals surface area (Å²) in [6.07, 6.45) is 0. The molecule has 0 spiro atoms. The number of aryl methyl sites for hydroxylation is 1. The third kappa shape index (κ3) is 6.53. The van der Waals surface area contributed by atoms with Gasteiger partial charge in [0.15, 0.2) is 5.69 Å². The monoisotopic (exact) mass is 619 g/mol. The minimum atomic E-state index is -0.447. The smallest absolute Gasteiger partial charge is 0.299 e. The van der Waals surface area contributed by atoms with Crippen LogP contribution in [0, 0.1) is 6.92 Å². The van der Waals surface area contributed by atoms with Crippen LogP contribution in [0.5, 0.6) is 0 Å². The molecule has 0 saturated carbocycles. The summed E-state index contributed by atoms with van der Waals surface area (Å²) in [4.78, 5) is 25.1. The predicted molar refractivity (Wildman–Crippen MR) is 133 cm³/mol. The van der Waals surface area contributed by atoms with Gasteiger partial charge in [-0.3, -0.25) is 14.7 Å². The molecule has 1 amide bonds. The van der Waals surface area contributed by atoms with E-state index in [1.165, 1.54) is 10.7 Å². The molecule has 0 bridgehead atoms. The van der Waals surface area contributed by atoms with Crippen molar-refractivity contribution in [2.45, 2.75) is 16.6 Å². The summed E-state index contributed by atoms with van der Waals surface area (Å²) in [5.74, 6) is -0.206. The van der Waals surface area contributed by atoms with Crippen molar-refractivity contribution in [2.75, 3.05) is 10.6 Å². The molecule has 1 heterocycles. The first-order chi connectivity index (χ1) is 15.8. The van der Waals surface area contributed by atoms with E-state index in [-0.39, 0.29) is 21.4 Å². The number of hydrogen-bond donors (Lipinski definition) is 3. The van der Waals surface area contributed by atoms with E-state index >= 15 is 0 Å². The number of nitrogens with zero attached hydrogens (tertiary/aromatic N) is 3. The molecule has 1 aromatic heterocycles. The lowest BCUT2D eigenvalue weighted by Crippen LogP contribution is -2.23. The fourth-order valence-corrected chi connectivity index (χ4v) is 3.78. The first-order valence-corrected chi connectivity index (χ1v) is 12.3. The molecule has 10 nitrogen and oxygen atoms in total. The van der Waals surface area contributed by atoms with E-state index in [0.717, 1.165) is 12.0 Å². The molecule has 0 radical (unpaired) electrons. The van der Waals surface area contributed by atoms with Gasteiger partial charge in [-0.05, 0) is 43.3 Å².